The van der Waals surface area contributed by atoms with Gasteiger partial charge in [0.05, 0.1) is 11.0 Å². The fourth-order valence-corrected chi connectivity index (χ4v) is 4.65. The van der Waals surface area contributed by atoms with E-state index < -0.39 is 0 Å². The summed E-state index contributed by atoms with van der Waals surface area (Å²) in [6.07, 6.45) is 3.54. The molecule has 0 saturated heterocycles. The number of hydrogen-bond donors (Lipinski definition) is 1. The molecular formula is C14H14N2O2S. The summed E-state index contributed by atoms with van der Waals surface area (Å²) in [5, 5.41) is 13.6. The molecule has 2 saturated carbocycles. The minimum Gasteiger partial charge on any atom is -0.431 e. The number of oxime groups is 1. The molecule has 1 aromatic carbocycles. The van der Waals surface area contributed by atoms with E-state index in [1.807, 2.05) is 24.3 Å². The van der Waals surface area contributed by atoms with Crippen molar-refractivity contribution in [3.8, 4) is 0 Å². The van der Waals surface area contributed by atoms with Crippen molar-refractivity contribution >= 4 is 28.6 Å². The lowest BCUT2D eigenvalue weighted by Crippen LogP contribution is -2.24. The number of aromatic nitrogens is 1. The second-order valence-electron chi connectivity index (χ2n) is 5.28. The Kier molecular flexibility index (Phi) is 2.55. The zero-order valence-corrected chi connectivity index (χ0v) is 11.1. The van der Waals surface area contributed by atoms with Gasteiger partial charge in [0.25, 0.3) is 5.22 Å². The molecule has 4 nitrogen and oxygen atoms in total. The molecule has 0 unspecified atom stereocenters. The smallest absolute Gasteiger partial charge is 0.257 e. The molecule has 2 fully saturated rings. The Hall–Kier alpha value is -1.49. The Morgan fingerprint density at radius 2 is 2.21 bits per heavy atom. The number of oxazole rings is 1. The number of fused-ring (bicyclic) bond motifs is 3. The monoisotopic (exact) mass is 274 g/mol. The van der Waals surface area contributed by atoms with Crippen LogP contribution in [0.3, 0.4) is 0 Å². The van der Waals surface area contributed by atoms with Crippen molar-refractivity contribution in [2.75, 3.05) is 0 Å². The van der Waals surface area contributed by atoms with Crippen LogP contribution in [-0.2, 0) is 0 Å². The number of nitrogens with zero attached hydrogens (tertiary/aromatic N) is 2. The minimum atomic E-state index is 0.233. The van der Waals surface area contributed by atoms with Gasteiger partial charge in [0.2, 0.25) is 0 Å². The molecule has 0 amide bonds. The highest BCUT2D eigenvalue weighted by molar-refractivity contribution is 8.00. The highest BCUT2D eigenvalue weighted by Gasteiger charge is 2.46. The summed E-state index contributed by atoms with van der Waals surface area (Å²) >= 11 is 1.60. The van der Waals surface area contributed by atoms with Crippen LogP contribution in [0.4, 0.5) is 0 Å². The van der Waals surface area contributed by atoms with Gasteiger partial charge in [0, 0.05) is 5.92 Å². The van der Waals surface area contributed by atoms with Crippen LogP contribution in [0.15, 0.2) is 39.1 Å². The quantitative estimate of drug-likeness (QED) is 0.672. The van der Waals surface area contributed by atoms with E-state index in [2.05, 4.69) is 10.1 Å². The van der Waals surface area contributed by atoms with Gasteiger partial charge in [0.1, 0.15) is 5.52 Å². The lowest BCUT2D eigenvalue weighted by Gasteiger charge is -2.20. The van der Waals surface area contributed by atoms with Gasteiger partial charge < -0.3 is 9.62 Å². The van der Waals surface area contributed by atoms with Crippen LogP contribution >= 0.6 is 11.8 Å². The van der Waals surface area contributed by atoms with Crippen LogP contribution in [0.2, 0.25) is 0 Å². The molecule has 0 aliphatic heterocycles. The highest BCUT2D eigenvalue weighted by Crippen LogP contribution is 2.49. The summed E-state index contributed by atoms with van der Waals surface area (Å²) in [4.78, 5) is 4.49. The average molecular weight is 274 g/mol. The van der Waals surface area contributed by atoms with Gasteiger partial charge in [-0.05, 0) is 37.3 Å². The molecule has 2 aromatic rings. The zero-order chi connectivity index (χ0) is 12.8. The maximum atomic E-state index is 9.20. The standard InChI is InChI=1S/C14H14N2O2S/c17-16-12-8-5-6-9(7-8)13(12)19-14-15-10-3-1-2-4-11(10)18-14/h1-4,8-9,13,17H,5-7H2/b16-12+/t8-,9+,13-/m0/s1. The Morgan fingerprint density at radius 1 is 1.32 bits per heavy atom. The first-order chi connectivity index (χ1) is 9.35. The SMILES string of the molecule is O/N=C1\[C@H]2CC[C@H](C2)[C@@H]1Sc1nc2ccccc2o1. The summed E-state index contributed by atoms with van der Waals surface area (Å²) < 4.78 is 5.75. The van der Waals surface area contributed by atoms with E-state index in [9.17, 15) is 5.21 Å². The lowest BCUT2D eigenvalue weighted by atomic mass is 9.98. The fourth-order valence-electron chi connectivity index (χ4n) is 3.34. The Morgan fingerprint density at radius 3 is 3.05 bits per heavy atom. The summed E-state index contributed by atoms with van der Waals surface area (Å²) in [7, 11) is 0. The average Bonchev–Trinajstić information content (AvgIpc) is 3.11. The van der Waals surface area contributed by atoms with Crippen LogP contribution in [0.5, 0.6) is 0 Å². The van der Waals surface area contributed by atoms with Gasteiger partial charge in [-0.3, -0.25) is 0 Å². The molecule has 1 N–H and O–H groups in total. The van der Waals surface area contributed by atoms with Gasteiger partial charge in [-0.1, -0.05) is 29.1 Å². The number of thioether (sulfide) groups is 1. The molecule has 19 heavy (non-hydrogen) atoms. The highest BCUT2D eigenvalue weighted by atomic mass is 32.2. The van der Waals surface area contributed by atoms with Gasteiger partial charge >= 0.3 is 0 Å². The van der Waals surface area contributed by atoms with Crippen LogP contribution < -0.4 is 0 Å². The van der Waals surface area contributed by atoms with Crippen molar-refractivity contribution in [2.24, 2.45) is 17.0 Å². The third kappa shape index (κ3) is 1.75. The van der Waals surface area contributed by atoms with E-state index >= 15 is 0 Å². The van der Waals surface area contributed by atoms with E-state index in [1.54, 1.807) is 11.8 Å². The molecule has 0 spiro atoms. The van der Waals surface area contributed by atoms with E-state index in [1.165, 1.54) is 6.42 Å². The first-order valence-corrected chi connectivity index (χ1v) is 7.47. The number of hydrogen-bond acceptors (Lipinski definition) is 5. The molecule has 1 heterocycles. The van der Waals surface area contributed by atoms with Crippen molar-refractivity contribution < 1.29 is 9.62 Å². The van der Waals surface area contributed by atoms with Crippen LogP contribution in [0.25, 0.3) is 11.1 Å². The molecule has 3 atom stereocenters. The Bertz CT molecular complexity index is 619. The molecule has 98 valence electrons. The normalized spacial score (nSPS) is 31.6. The first kappa shape index (κ1) is 11.3. The summed E-state index contributed by atoms with van der Waals surface area (Å²) in [5.41, 5.74) is 2.63. The second-order valence-corrected chi connectivity index (χ2v) is 6.37. The molecule has 2 aliphatic rings. The summed E-state index contributed by atoms with van der Waals surface area (Å²) in [6.45, 7) is 0. The number of rotatable bonds is 2. The molecule has 0 radical (unpaired) electrons. The van der Waals surface area contributed by atoms with Crippen LogP contribution in [-0.4, -0.2) is 21.2 Å². The number of benzene rings is 1. The van der Waals surface area contributed by atoms with Gasteiger partial charge in [-0.15, -0.1) is 0 Å². The van der Waals surface area contributed by atoms with E-state index in [0.29, 0.717) is 17.1 Å². The van der Waals surface area contributed by atoms with Crippen LogP contribution in [0, 0.1) is 11.8 Å². The summed E-state index contributed by atoms with van der Waals surface area (Å²) in [5.74, 6) is 1.08. The first-order valence-electron chi connectivity index (χ1n) is 6.59. The topological polar surface area (TPSA) is 58.6 Å². The maximum Gasteiger partial charge on any atom is 0.257 e. The molecule has 4 rings (SSSR count). The van der Waals surface area contributed by atoms with E-state index in [0.717, 1.165) is 29.7 Å². The zero-order valence-electron chi connectivity index (χ0n) is 10.3. The van der Waals surface area contributed by atoms with Gasteiger partial charge in [0.15, 0.2) is 5.58 Å². The number of para-hydroxylation sites is 2. The fraction of sp³-hybridized carbons (Fsp3) is 0.429. The van der Waals surface area contributed by atoms with Crippen molar-refractivity contribution in [3.05, 3.63) is 24.3 Å². The van der Waals surface area contributed by atoms with Crippen LogP contribution in [0.1, 0.15) is 19.3 Å². The second kappa shape index (κ2) is 4.27. The van der Waals surface area contributed by atoms with E-state index in [-0.39, 0.29) is 5.25 Å². The third-order valence-electron chi connectivity index (χ3n) is 4.23. The molecule has 2 bridgehead atoms. The van der Waals surface area contributed by atoms with Crippen molar-refractivity contribution in [2.45, 2.75) is 29.7 Å². The molecule has 5 heteroatoms. The summed E-state index contributed by atoms with van der Waals surface area (Å²) in [6, 6.07) is 7.77. The molecule has 2 aliphatic carbocycles. The maximum absolute atomic E-state index is 9.20. The van der Waals surface area contributed by atoms with Crippen molar-refractivity contribution in [1.29, 1.82) is 0 Å². The Labute approximate surface area is 114 Å². The van der Waals surface area contributed by atoms with Gasteiger partial charge in [-0.25, -0.2) is 4.98 Å². The predicted molar refractivity (Wildman–Crippen MR) is 73.7 cm³/mol. The lowest BCUT2D eigenvalue weighted by molar-refractivity contribution is 0.314. The minimum absolute atomic E-state index is 0.233. The van der Waals surface area contributed by atoms with Crippen molar-refractivity contribution in [1.82, 2.24) is 4.98 Å². The van der Waals surface area contributed by atoms with Gasteiger partial charge in [-0.2, -0.15) is 0 Å². The largest absolute Gasteiger partial charge is 0.431 e. The molecule has 1 aromatic heterocycles. The van der Waals surface area contributed by atoms with E-state index in [4.69, 9.17) is 4.42 Å². The van der Waals surface area contributed by atoms with Crippen molar-refractivity contribution in [3.63, 3.8) is 0 Å². The predicted octanol–water partition coefficient (Wildman–Crippen LogP) is 3.55. The molecular weight excluding hydrogens is 260 g/mol. The third-order valence-corrected chi connectivity index (χ3v) is 5.49. The Balaban J connectivity index is 1.64.